The smallest absolute Gasteiger partial charge is 0.273 e. The van der Waals surface area contributed by atoms with Crippen molar-refractivity contribution in [2.24, 2.45) is 0 Å². The highest BCUT2D eigenvalue weighted by atomic mass is 19.1. The van der Waals surface area contributed by atoms with Crippen molar-refractivity contribution in [1.29, 1.82) is 0 Å². The number of halogens is 1. The number of hydrogen-bond acceptors (Lipinski definition) is 4. The number of amides is 1. The summed E-state index contributed by atoms with van der Waals surface area (Å²) >= 11 is 0. The van der Waals surface area contributed by atoms with Crippen LogP contribution in [0.1, 0.15) is 47.8 Å². The molecule has 2 aliphatic rings. The van der Waals surface area contributed by atoms with Crippen LogP contribution in [-0.2, 0) is 5.41 Å². The molecule has 1 aromatic heterocycles. The Morgan fingerprint density at radius 3 is 2.68 bits per heavy atom. The Bertz CT molecular complexity index is 747. The molecule has 0 radical (unpaired) electrons. The monoisotopic (exact) mass is 343 g/mol. The molecular weight excluding hydrogens is 321 g/mol. The van der Waals surface area contributed by atoms with Crippen molar-refractivity contribution in [2.45, 2.75) is 37.1 Å². The fraction of sp³-hybridized carbons (Fsp3) is 0.500. The number of rotatable bonds is 5. The van der Waals surface area contributed by atoms with Gasteiger partial charge in [-0.05, 0) is 56.5 Å². The third-order valence-corrected chi connectivity index (χ3v) is 5.32. The summed E-state index contributed by atoms with van der Waals surface area (Å²) < 4.78 is 14.9. The normalized spacial score (nSPS) is 19.6. The first-order valence-corrected chi connectivity index (χ1v) is 8.83. The van der Waals surface area contributed by atoms with Crippen LogP contribution in [0.5, 0.6) is 0 Å². The SMILES string of the molecule is O=C(NCC1(c2ccc(F)cc2)CC1)c1cn(C2CCNCC2)nn1. The zero-order valence-electron chi connectivity index (χ0n) is 14.0. The molecule has 0 spiro atoms. The van der Waals surface area contributed by atoms with E-state index in [1.54, 1.807) is 6.20 Å². The van der Waals surface area contributed by atoms with Gasteiger partial charge in [-0.15, -0.1) is 5.10 Å². The maximum absolute atomic E-state index is 13.1. The fourth-order valence-corrected chi connectivity index (χ4v) is 3.49. The number of hydrogen-bond donors (Lipinski definition) is 2. The van der Waals surface area contributed by atoms with Gasteiger partial charge < -0.3 is 10.6 Å². The van der Waals surface area contributed by atoms with Crippen molar-refractivity contribution in [3.63, 3.8) is 0 Å². The van der Waals surface area contributed by atoms with Crippen molar-refractivity contribution in [3.8, 4) is 0 Å². The van der Waals surface area contributed by atoms with Crippen molar-refractivity contribution in [3.05, 3.63) is 47.5 Å². The van der Waals surface area contributed by atoms with Crippen LogP contribution >= 0.6 is 0 Å². The number of nitrogens with zero attached hydrogens (tertiary/aromatic N) is 3. The van der Waals surface area contributed by atoms with E-state index in [1.807, 2.05) is 16.8 Å². The summed E-state index contributed by atoms with van der Waals surface area (Å²) in [6.07, 6.45) is 5.74. The minimum atomic E-state index is -0.238. The maximum Gasteiger partial charge on any atom is 0.273 e. The topological polar surface area (TPSA) is 71.8 Å². The molecule has 0 unspecified atom stereocenters. The van der Waals surface area contributed by atoms with Crippen molar-refractivity contribution >= 4 is 5.91 Å². The van der Waals surface area contributed by atoms with Crippen LogP contribution < -0.4 is 10.6 Å². The van der Waals surface area contributed by atoms with E-state index in [-0.39, 0.29) is 17.1 Å². The molecule has 0 atom stereocenters. The van der Waals surface area contributed by atoms with Gasteiger partial charge in [-0.1, -0.05) is 17.3 Å². The number of piperidine rings is 1. The van der Waals surface area contributed by atoms with Crippen LogP contribution in [0, 0.1) is 5.82 Å². The Labute approximate surface area is 145 Å². The Hall–Kier alpha value is -2.28. The molecule has 6 nitrogen and oxygen atoms in total. The molecule has 7 heteroatoms. The third kappa shape index (κ3) is 3.42. The zero-order valence-corrected chi connectivity index (χ0v) is 14.0. The van der Waals surface area contributed by atoms with E-state index < -0.39 is 0 Å². The Morgan fingerprint density at radius 1 is 1.28 bits per heavy atom. The van der Waals surface area contributed by atoms with Crippen LogP contribution in [0.25, 0.3) is 0 Å². The molecule has 1 saturated heterocycles. The number of carbonyl (C=O) groups excluding carboxylic acids is 1. The highest BCUT2D eigenvalue weighted by Gasteiger charge is 2.44. The predicted octanol–water partition coefficient (Wildman–Crippen LogP) is 1.80. The summed E-state index contributed by atoms with van der Waals surface area (Å²) in [5.74, 6) is -0.438. The lowest BCUT2D eigenvalue weighted by Crippen LogP contribution is -2.32. The summed E-state index contributed by atoms with van der Waals surface area (Å²) in [6.45, 7) is 2.47. The standard InChI is InChI=1S/C18H22FN5O/c19-14-3-1-13(2-4-14)18(7-8-18)12-21-17(25)16-11-24(23-22-16)15-5-9-20-10-6-15/h1-4,11,15,20H,5-10,12H2,(H,21,25). The molecular formula is C18H22FN5O. The molecule has 132 valence electrons. The molecule has 0 bridgehead atoms. The van der Waals surface area contributed by atoms with E-state index in [2.05, 4.69) is 20.9 Å². The summed E-state index contributed by atoms with van der Waals surface area (Å²) in [7, 11) is 0. The summed E-state index contributed by atoms with van der Waals surface area (Å²) in [6, 6.07) is 6.87. The van der Waals surface area contributed by atoms with Crippen molar-refractivity contribution < 1.29 is 9.18 Å². The number of carbonyl (C=O) groups is 1. The molecule has 2 N–H and O–H groups in total. The van der Waals surface area contributed by atoms with E-state index in [0.29, 0.717) is 18.3 Å². The summed E-state index contributed by atoms with van der Waals surface area (Å²) in [5.41, 5.74) is 1.37. The lowest BCUT2D eigenvalue weighted by atomic mass is 9.96. The minimum Gasteiger partial charge on any atom is -0.350 e. The van der Waals surface area contributed by atoms with Crippen LogP contribution in [-0.4, -0.2) is 40.5 Å². The van der Waals surface area contributed by atoms with Gasteiger partial charge in [-0.3, -0.25) is 4.79 Å². The molecule has 1 saturated carbocycles. The van der Waals surface area contributed by atoms with E-state index in [0.717, 1.165) is 44.3 Å². The lowest BCUT2D eigenvalue weighted by Gasteiger charge is -2.22. The number of nitrogens with one attached hydrogen (secondary N) is 2. The van der Waals surface area contributed by atoms with Gasteiger partial charge in [0.1, 0.15) is 5.82 Å². The fourth-order valence-electron chi connectivity index (χ4n) is 3.49. The molecule has 1 amide bonds. The first kappa shape index (κ1) is 16.2. The molecule has 1 aromatic carbocycles. The second kappa shape index (κ2) is 6.55. The first-order chi connectivity index (χ1) is 12.2. The van der Waals surface area contributed by atoms with E-state index >= 15 is 0 Å². The molecule has 4 rings (SSSR count). The van der Waals surface area contributed by atoms with E-state index in [4.69, 9.17) is 0 Å². The van der Waals surface area contributed by atoms with Gasteiger partial charge in [-0.2, -0.15) is 0 Å². The van der Waals surface area contributed by atoms with Gasteiger partial charge in [0.05, 0.1) is 12.2 Å². The quantitative estimate of drug-likeness (QED) is 0.868. The average Bonchev–Trinajstić information content (AvgIpc) is 3.27. The summed E-state index contributed by atoms with van der Waals surface area (Å²) in [4.78, 5) is 12.4. The van der Waals surface area contributed by atoms with Crippen LogP contribution in [0.4, 0.5) is 4.39 Å². The van der Waals surface area contributed by atoms with Crippen LogP contribution in [0.15, 0.2) is 30.5 Å². The Balaban J connectivity index is 1.37. The van der Waals surface area contributed by atoms with Gasteiger partial charge in [0, 0.05) is 12.0 Å². The van der Waals surface area contributed by atoms with Crippen LogP contribution in [0.3, 0.4) is 0 Å². The predicted molar refractivity (Wildman–Crippen MR) is 90.8 cm³/mol. The van der Waals surface area contributed by atoms with Gasteiger partial charge in [0.2, 0.25) is 0 Å². The molecule has 2 fully saturated rings. The third-order valence-electron chi connectivity index (χ3n) is 5.32. The molecule has 2 heterocycles. The summed E-state index contributed by atoms with van der Waals surface area (Å²) in [5, 5.41) is 14.4. The van der Waals surface area contributed by atoms with Gasteiger partial charge in [0.25, 0.3) is 5.91 Å². The maximum atomic E-state index is 13.1. The second-order valence-corrected chi connectivity index (χ2v) is 7.03. The van der Waals surface area contributed by atoms with E-state index in [9.17, 15) is 9.18 Å². The van der Waals surface area contributed by atoms with Gasteiger partial charge in [0.15, 0.2) is 5.69 Å². The number of benzene rings is 1. The highest BCUT2D eigenvalue weighted by molar-refractivity contribution is 5.91. The lowest BCUT2D eigenvalue weighted by molar-refractivity contribution is 0.0944. The van der Waals surface area contributed by atoms with Crippen LogP contribution in [0.2, 0.25) is 0 Å². The zero-order chi connectivity index (χ0) is 17.3. The number of aromatic nitrogens is 3. The van der Waals surface area contributed by atoms with Gasteiger partial charge in [-0.25, -0.2) is 9.07 Å². The molecule has 1 aliphatic carbocycles. The largest absolute Gasteiger partial charge is 0.350 e. The first-order valence-electron chi connectivity index (χ1n) is 8.83. The molecule has 2 aromatic rings. The highest BCUT2D eigenvalue weighted by Crippen LogP contribution is 2.47. The van der Waals surface area contributed by atoms with E-state index in [1.165, 1.54) is 12.1 Å². The van der Waals surface area contributed by atoms with Gasteiger partial charge >= 0.3 is 0 Å². The van der Waals surface area contributed by atoms with Crippen molar-refractivity contribution in [1.82, 2.24) is 25.6 Å². The average molecular weight is 343 g/mol. The molecule has 25 heavy (non-hydrogen) atoms. The Morgan fingerprint density at radius 2 is 2.00 bits per heavy atom. The second-order valence-electron chi connectivity index (χ2n) is 7.03. The minimum absolute atomic E-state index is 0.0611. The molecule has 1 aliphatic heterocycles. The Kier molecular flexibility index (Phi) is 4.25. The van der Waals surface area contributed by atoms with Crippen molar-refractivity contribution in [2.75, 3.05) is 19.6 Å².